The van der Waals surface area contributed by atoms with E-state index in [0.717, 1.165) is 11.1 Å². The van der Waals surface area contributed by atoms with Gasteiger partial charge in [0.05, 0.1) is 25.0 Å². The zero-order valence-electron chi connectivity index (χ0n) is 20.8. The number of methoxy groups -OCH3 is 2. The molecule has 0 aliphatic rings. The average Bonchev–Trinajstić information content (AvgIpc) is 2.98. The lowest BCUT2D eigenvalue weighted by Gasteiger charge is -2.04. The molecule has 2 aromatic heterocycles. The Morgan fingerprint density at radius 2 is 0.895 bits per heavy atom. The summed E-state index contributed by atoms with van der Waals surface area (Å²) in [5.41, 5.74) is 2.76. The van der Waals surface area contributed by atoms with E-state index in [4.69, 9.17) is 18.3 Å². The molecule has 0 aliphatic carbocycles. The van der Waals surface area contributed by atoms with Gasteiger partial charge in [0.2, 0.25) is 0 Å². The van der Waals surface area contributed by atoms with Crippen LogP contribution in [0, 0.1) is 0 Å². The van der Waals surface area contributed by atoms with Crippen LogP contribution in [0.2, 0.25) is 0 Å². The molecule has 6 nitrogen and oxygen atoms in total. The zero-order chi connectivity index (χ0) is 26.5. The molecule has 0 saturated heterocycles. The predicted octanol–water partition coefficient (Wildman–Crippen LogP) is 6.94. The first kappa shape index (κ1) is 24.6. The second kappa shape index (κ2) is 10.9. The van der Waals surface area contributed by atoms with Crippen molar-refractivity contribution < 1.29 is 18.3 Å². The summed E-state index contributed by atoms with van der Waals surface area (Å²) >= 11 is 0. The van der Waals surface area contributed by atoms with E-state index in [0.29, 0.717) is 45.0 Å². The standard InChI is InChI=1S/2C16H12O3/c2*1-18-12-7-8-15-13(9-12)14(17)10-16(19-15)11-5-3-2-4-6-11/h2*2-10H,1H3. The van der Waals surface area contributed by atoms with Crippen LogP contribution in [-0.4, -0.2) is 14.2 Å². The molecule has 0 aliphatic heterocycles. The number of ether oxygens (including phenoxy) is 2. The number of hydrogen-bond donors (Lipinski definition) is 0. The van der Waals surface area contributed by atoms with Gasteiger partial charge in [0, 0.05) is 23.3 Å². The van der Waals surface area contributed by atoms with Crippen molar-refractivity contribution in [3.8, 4) is 34.1 Å². The van der Waals surface area contributed by atoms with Crippen molar-refractivity contribution in [3.63, 3.8) is 0 Å². The van der Waals surface area contributed by atoms with Crippen LogP contribution in [0.3, 0.4) is 0 Å². The molecule has 0 amide bonds. The van der Waals surface area contributed by atoms with Crippen molar-refractivity contribution >= 4 is 21.9 Å². The highest BCUT2D eigenvalue weighted by atomic mass is 16.5. The smallest absolute Gasteiger partial charge is 0.193 e. The first-order valence-corrected chi connectivity index (χ1v) is 11.9. The molecule has 4 aromatic carbocycles. The summed E-state index contributed by atoms with van der Waals surface area (Å²) in [4.78, 5) is 24.3. The molecule has 0 unspecified atom stereocenters. The molecule has 188 valence electrons. The molecule has 0 N–H and O–H groups in total. The molecule has 0 saturated carbocycles. The maximum atomic E-state index is 12.1. The van der Waals surface area contributed by atoms with Gasteiger partial charge in [-0.3, -0.25) is 9.59 Å². The topological polar surface area (TPSA) is 78.9 Å². The van der Waals surface area contributed by atoms with Gasteiger partial charge in [-0.2, -0.15) is 0 Å². The minimum Gasteiger partial charge on any atom is -0.497 e. The summed E-state index contributed by atoms with van der Waals surface area (Å²) < 4.78 is 21.8. The Bertz CT molecular complexity index is 1680. The molecule has 2 heterocycles. The third-order valence-electron chi connectivity index (χ3n) is 5.99. The summed E-state index contributed by atoms with van der Waals surface area (Å²) in [6, 6.07) is 32.6. The van der Waals surface area contributed by atoms with Gasteiger partial charge in [-0.05, 0) is 36.4 Å². The lowest BCUT2D eigenvalue weighted by molar-refractivity contribution is 0.415. The average molecular weight is 505 g/mol. The zero-order valence-corrected chi connectivity index (χ0v) is 20.8. The van der Waals surface area contributed by atoms with Crippen LogP contribution in [0.1, 0.15) is 0 Å². The monoisotopic (exact) mass is 504 g/mol. The molecule has 6 aromatic rings. The summed E-state index contributed by atoms with van der Waals surface area (Å²) in [5, 5.41) is 1.05. The second-order valence-corrected chi connectivity index (χ2v) is 8.41. The molecule has 6 rings (SSSR count). The van der Waals surface area contributed by atoms with E-state index in [1.807, 2.05) is 60.7 Å². The van der Waals surface area contributed by atoms with Gasteiger partial charge in [-0.25, -0.2) is 0 Å². The number of fused-ring (bicyclic) bond motifs is 2. The van der Waals surface area contributed by atoms with Crippen LogP contribution in [0.4, 0.5) is 0 Å². The van der Waals surface area contributed by atoms with Gasteiger partial charge in [-0.15, -0.1) is 0 Å². The first-order chi connectivity index (χ1) is 18.6. The molecule has 0 bridgehead atoms. The van der Waals surface area contributed by atoms with Crippen molar-refractivity contribution in [2.75, 3.05) is 14.2 Å². The summed E-state index contributed by atoms with van der Waals surface area (Å²) in [7, 11) is 3.14. The Morgan fingerprint density at radius 3 is 1.26 bits per heavy atom. The fourth-order valence-electron chi connectivity index (χ4n) is 4.01. The largest absolute Gasteiger partial charge is 0.497 e. The van der Waals surface area contributed by atoms with Crippen LogP contribution in [0.5, 0.6) is 11.5 Å². The minimum atomic E-state index is -0.0704. The Labute approximate surface area is 218 Å². The molecule has 6 heteroatoms. The van der Waals surface area contributed by atoms with Crippen molar-refractivity contribution in [1.82, 2.24) is 0 Å². The Kier molecular flexibility index (Phi) is 7.04. The van der Waals surface area contributed by atoms with Crippen LogP contribution >= 0.6 is 0 Å². The maximum Gasteiger partial charge on any atom is 0.193 e. The van der Waals surface area contributed by atoms with Crippen molar-refractivity contribution in [2.45, 2.75) is 0 Å². The normalized spacial score (nSPS) is 10.6. The minimum absolute atomic E-state index is 0.0704. The van der Waals surface area contributed by atoms with Gasteiger partial charge >= 0.3 is 0 Å². The summed E-state index contributed by atoms with van der Waals surface area (Å²) in [6.07, 6.45) is 0. The fourth-order valence-corrected chi connectivity index (χ4v) is 4.01. The van der Waals surface area contributed by atoms with Crippen molar-refractivity contribution in [1.29, 1.82) is 0 Å². The molecule has 0 radical (unpaired) electrons. The van der Waals surface area contributed by atoms with E-state index < -0.39 is 0 Å². The highest BCUT2D eigenvalue weighted by Crippen LogP contribution is 2.25. The summed E-state index contributed by atoms with van der Waals surface area (Å²) in [5.74, 6) is 2.44. The fraction of sp³-hybridized carbons (Fsp3) is 0.0625. The number of benzene rings is 4. The van der Waals surface area contributed by atoms with E-state index in [9.17, 15) is 9.59 Å². The summed E-state index contributed by atoms with van der Waals surface area (Å²) in [6.45, 7) is 0. The maximum absolute atomic E-state index is 12.1. The molecule has 0 spiro atoms. The quantitative estimate of drug-likeness (QED) is 0.259. The van der Waals surface area contributed by atoms with Gasteiger partial charge < -0.3 is 18.3 Å². The number of rotatable bonds is 4. The first-order valence-electron chi connectivity index (χ1n) is 11.9. The Hall–Kier alpha value is -5.10. The Balaban J connectivity index is 0.000000155. The Morgan fingerprint density at radius 1 is 0.500 bits per heavy atom. The lowest BCUT2D eigenvalue weighted by Crippen LogP contribution is -2.00. The van der Waals surface area contributed by atoms with Crippen molar-refractivity contribution in [3.05, 3.63) is 130 Å². The van der Waals surface area contributed by atoms with E-state index in [1.165, 1.54) is 12.1 Å². The predicted molar refractivity (Wildman–Crippen MR) is 149 cm³/mol. The van der Waals surface area contributed by atoms with E-state index in [1.54, 1.807) is 50.6 Å². The molecular weight excluding hydrogens is 480 g/mol. The highest BCUT2D eigenvalue weighted by Gasteiger charge is 2.09. The molecule has 38 heavy (non-hydrogen) atoms. The highest BCUT2D eigenvalue weighted by molar-refractivity contribution is 5.81. The van der Waals surface area contributed by atoms with Crippen LogP contribution in [0.25, 0.3) is 44.6 Å². The second-order valence-electron chi connectivity index (χ2n) is 8.41. The molecular formula is C32H24O6. The lowest BCUT2D eigenvalue weighted by atomic mass is 10.1. The van der Waals surface area contributed by atoms with E-state index in [-0.39, 0.29) is 10.9 Å². The third-order valence-corrected chi connectivity index (χ3v) is 5.99. The third kappa shape index (κ3) is 5.20. The van der Waals surface area contributed by atoms with E-state index in [2.05, 4.69) is 0 Å². The van der Waals surface area contributed by atoms with E-state index >= 15 is 0 Å². The van der Waals surface area contributed by atoms with Crippen molar-refractivity contribution in [2.24, 2.45) is 0 Å². The molecule has 0 atom stereocenters. The molecule has 0 fully saturated rings. The van der Waals surface area contributed by atoms with Crippen LogP contribution in [-0.2, 0) is 0 Å². The van der Waals surface area contributed by atoms with Gasteiger partial charge in [-0.1, -0.05) is 60.7 Å². The van der Waals surface area contributed by atoms with Gasteiger partial charge in [0.1, 0.15) is 34.2 Å². The SMILES string of the molecule is COc1ccc2oc(-c3ccccc3)cc(=O)c2c1.COc1ccc2oc(-c3ccccc3)cc(=O)c2c1. The van der Waals surface area contributed by atoms with Crippen LogP contribution < -0.4 is 20.3 Å². The van der Waals surface area contributed by atoms with Crippen LogP contribution in [0.15, 0.2) is 128 Å². The van der Waals surface area contributed by atoms with Gasteiger partial charge in [0.15, 0.2) is 10.9 Å². The van der Waals surface area contributed by atoms with Gasteiger partial charge in [0.25, 0.3) is 0 Å². The number of hydrogen-bond acceptors (Lipinski definition) is 6.